The summed E-state index contributed by atoms with van der Waals surface area (Å²) in [5, 5.41) is 10.0. The molecule has 0 bridgehead atoms. The van der Waals surface area contributed by atoms with Gasteiger partial charge in [-0.05, 0) is 30.7 Å². The summed E-state index contributed by atoms with van der Waals surface area (Å²) in [7, 11) is 1.33. The van der Waals surface area contributed by atoms with E-state index in [0.29, 0.717) is 16.5 Å². The fourth-order valence-electron chi connectivity index (χ4n) is 1.65. The van der Waals surface area contributed by atoms with E-state index in [9.17, 15) is 9.90 Å². The quantitative estimate of drug-likeness (QED) is 0.742. The molecule has 0 radical (unpaired) electrons. The van der Waals surface area contributed by atoms with Gasteiger partial charge in [-0.2, -0.15) is 0 Å². The van der Waals surface area contributed by atoms with E-state index < -0.39 is 5.97 Å². The van der Waals surface area contributed by atoms with Crippen LogP contribution in [0, 0.1) is 6.92 Å². The number of benzene rings is 1. The molecule has 1 heterocycles. The molecule has 4 nitrogen and oxygen atoms in total. The highest BCUT2D eigenvalue weighted by molar-refractivity contribution is 6.04. The second kappa shape index (κ2) is 3.81. The van der Waals surface area contributed by atoms with Crippen molar-refractivity contribution in [3.05, 3.63) is 35.5 Å². The van der Waals surface area contributed by atoms with E-state index in [4.69, 9.17) is 4.74 Å². The molecule has 0 aliphatic heterocycles. The van der Waals surface area contributed by atoms with Crippen molar-refractivity contribution in [3.8, 4) is 5.75 Å². The molecule has 0 saturated carbocycles. The molecule has 0 amide bonds. The highest BCUT2D eigenvalue weighted by atomic mass is 16.5. The number of phenols is 1. The highest BCUT2D eigenvalue weighted by Crippen LogP contribution is 2.24. The Hall–Kier alpha value is -2.10. The fourth-order valence-corrected chi connectivity index (χ4v) is 1.65. The van der Waals surface area contributed by atoms with E-state index in [0.717, 1.165) is 5.56 Å². The van der Waals surface area contributed by atoms with Gasteiger partial charge in [0.25, 0.3) is 0 Å². The van der Waals surface area contributed by atoms with Crippen LogP contribution in [0.4, 0.5) is 0 Å². The zero-order valence-corrected chi connectivity index (χ0v) is 9.02. The number of carbonyl (C=O) groups excluding carboxylic acids is 1. The minimum Gasteiger partial charge on any atom is -0.508 e. The molecule has 0 aliphatic rings. The SMILES string of the molecule is COC(=O)c1c(C)cnc2ccc(O)cc12. The lowest BCUT2D eigenvalue weighted by Gasteiger charge is -2.07. The summed E-state index contributed by atoms with van der Waals surface area (Å²) in [5.41, 5.74) is 1.83. The monoisotopic (exact) mass is 217 g/mol. The Bertz CT molecular complexity index is 558. The van der Waals surface area contributed by atoms with Gasteiger partial charge < -0.3 is 9.84 Å². The van der Waals surface area contributed by atoms with E-state index in [1.807, 2.05) is 0 Å². The summed E-state index contributed by atoms with van der Waals surface area (Å²) < 4.78 is 4.72. The van der Waals surface area contributed by atoms with Crippen LogP contribution in [0.1, 0.15) is 15.9 Å². The van der Waals surface area contributed by atoms with Gasteiger partial charge in [-0.3, -0.25) is 4.98 Å². The molecule has 0 aliphatic carbocycles. The van der Waals surface area contributed by atoms with Gasteiger partial charge in [0.1, 0.15) is 5.75 Å². The number of hydrogen-bond donors (Lipinski definition) is 1. The van der Waals surface area contributed by atoms with Gasteiger partial charge in [-0.25, -0.2) is 4.79 Å². The molecular weight excluding hydrogens is 206 g/mol. The second-order valence-electron chi connectivity index (χ2n) is 3.51. The molecule has 0 unspecified atom stereocenters. The van der Waals surface area contributed by atoms with Crippen LogP contribution in [0.3, 0.4) is 0 Å². The predicted molar refractivity (Wildman–Crippen MR) is 59.5 cm³/mol. The Balaban J connectivity index is 2.82. The Kier molecular flexibility index (Phi) is 2.48. The lowest BCUT2D eigenvalue weighted by molar-refractivity contribution is 0.0602. The van der Waals surface area contributed by atoms with E-state index in [1.54, 1.807) is 19.2 Å². The summed E-state index contributed by atoms with van der Waals surface area (Å²) in [4.78, 5) is 15.8. The average molecular weight is 217 g/mol. The Morgan fingerprint density at radius 1 is 1.44 bits per heavy atom. The first-order chi connectivity index (χ1) is 7.63. The van der Waals surface area contributed by atoms with Gasteiger partial charge in [0.05, 0.1) is 18.2 Å². The molecule has 2 rings (SSSR count). The smallest absolute Gasteiger partial charge is 0.338 e. The number of methoxy groups -OCH3 is 1. The van der Waals surface area contributed by atoms with Crippen LogP contribution in [-0.4, -0.2) is 23.2 Å². The number of phenolic OH excluding ortho intramolecular Hbond substituents is 1. The molecule has 16 heavy (non-hydrogen) atoms. The Morgan fingerprint density at radius 3 is 2.88 bits per heavy atom. The van der Waals surface area contributed by atoms with Gasteiger partial charge in [-0.15, -0.1) is 0 Å². The van der Waals surface area contributed by atoms with Crippen LogP contribution in [-0.2, 0) is 4.74 Å². The zero-order chi connectivity index (χ0) is 11.7. The van der Waals surface area contributed by atoms with E-state index in [2.05, 4.69) is 4.98 Å². The highest BCUT2D eigenvalue weighted by Gasteiger charge is 2.14. The number of ether oxygens (including phenoxy) is 1. The third kappa shape index (κ3) is 1.58. The van der Waals surface area contributed by atoms with Crippen molar-refractivity contribution >= 4 is 16.9 Å². The summed E-state index contributed by atoms with van der Waals surface area (Å²) in [5.74, 6) is -0.319. The van der Waals surface area contributed by atoms with Gasteiger partial charge in [0, 0.05) is 11.6 Å². The Morgan fingerprint density at radius 2 is 2.19 bits per heavy atom. The second-order valence-corrected chi connectivity index (χ2v) is 3.51. The summed E-state index contributed by atoms with van der Waals surface area (Å²) in [6.07, 6.45) is 1.62. The number of aromatic nitrogens is 1. The summed E-state index contributed by atoms with van der Waals surface area (Å²) >= 11 is 0. The number of fused-ring (bicyclic) bond motifs is 1. The van der Waals surface area contributed by atoms with Crippen molar-refractivity contribution in [1.29, 1.82) is 0 Å². The fraction of sp³-hybridized carbons (Fsp3) is 0.167. The molecule has 0 spiro atoms. The number of hydrogen-bond acceptors (Lipinski definition) is 4. The maximum atomic E-state index is 11.6. The van der Waals surface area contributed by atoms with E-state index >= 15 is 0 Å². The first-order valence-electron chi connectivity index (χ1n) is 4.80. The topological polar surface area (TPSA) is 59.4 Å². The van der Waals surface area contributed by atoms with Crippen LogP contribution < -0.4 is 0 Å². The average Bonchev–Trinajstić information content (AvgIpc) is 2.28. The number of aryl methyl sites for hydroxylation is 1. The maximum Gasteiger partial charge on any atom is 0.338 e. The molecule has 1 aromatic carbocycles. The van der Waals surface area contributed by atoms with Gasteiger partial charge in [0.15, 0.2) is 0 Å². The molecule has 0 fully saturated rings. The molecular formula is C12H11NO3. The van der Waals surface area contributed by atoms with Crippen molar-refractivity contribution in [1.82, 2.24) is 4.98 Å². The zero-order valence-electron chi connectivity index (χ0n) is 9.02. The van der Waals surface area contributed by atoms with Crippen molar-refractivity contribution in [2.45, 2.75) is 6.92 Å². The third-order valence-electron chi connectivity index (χ3n) is 2.43. The van der Waals surface area contributed by atoms with Crippen LogP contribution in [0.2, 0.25) is 0 Å². The third-order valence-corrected chi connectivity index (χ3v) is 2.43. The number of aromatic hydroxyl groups is 1. The summed E-state index contributed by atoms with van der Waals surface area (Å²) in [6.45, 7) is 1.78. The first-order valence-corrected chi connectivity index (χ1v) is 4.80. The summed E-state index contributed by atoms with van der Waals surface area (Å²) in [6, 6.07) is 4.71. The van der Waals surface area contributed by atoms with Crippen molar-refractivity contribution in [2.24, 2.45) is 0 Å². The lowest BCUT2D eigenvalue weighted by atomic mass is 10.0. The number of esters is 1. The van der Waals surface area contributed by atoms with Gasteiger partial charge in [0.2, 0.25) is 0 Å². The number of pyridine rings is 1. The van der Waals surface area contributed by atoms with E-state index in [-0.39, 0.29) is 5.75 Å². The number of nitrogens with zero attached hydrogens (tertiary/aromatic N) is 1. The number of carbonyl (C=O) groups is 1. The molecule has 82 valence electrons. The minimum atomic E-state index is -0.421. The van der Waals surface area contributed by atoms with Crippen LogP contribution in [0.5, 0.6) is 5.75 Å². The first kappa shape index (κ1) is 10.4. The lowest BCUT2D eigenvalue weighted by Crippen LogP contribution is -2.05. The minimum absolute atomic E-state index is 0.102. The van der Waals surface area contributed by atoms with E-state index in [1.165, 1.54) is 19.2 Å². The standard InChI is InChI=1S/C12H11NO3/c1-7-6-13-10-4-3-8(14)5-9(10)11(7)12(15)16-2/h3-6,14H,1-2H3. The van der Waals surface area contributed by atoms with Crippen LogP contribution >= 0.6 is 0 Å². The van der Waals surface area contributed by atoms with Crippen molar-refractivity contribution in [2.75, 3.05) is 7.11 Å². The molecule has 4 heteroatoms. The Labute approximate surface area is 92.5 Å². The largest absolute Gasteiger partial charge is 0.508 e. The molecule has 1 N–H and O–H groups in total. The molecule has 0 atom stereocenters. The normalized spacial score (nSPS) is 10.4. The van der Waals surface area contributed by atoms with Crippen molar-refractivity contribution in [3.63, 3.8) is 0 Å². The van der Waals surface area contributed by atoms with Gasteiger partial charge in [-0.1, -0.05) is 0 Å². The molecule has 0 saturated heterocycles. The maximum absolute atomic E-state index is 11.6. The van der Waals surface area contributed by atoms with Crippen LogP contribution in [0.15, 0.2) is 24.4 Å². The van der Waals surface area contributed by atoms with Gasteiger partial charge >= 0.3 is 5.97 Å². The molecule has 2 aromatic rings. The van der Waals surface area contributed by atoms with Crippen molar-refractivity contribution < 1.29 is 14.6 Å². The van der Waals surface area contributed by atoms with Crippen LogP contribution in [0.25, 0.3) is 10.9 Å². The number of rotatable bonds is 1. The predicted octanol–water partition coefficient (Wildman–Crippen LogP) is 2.04. The molecule has 1 aromatic heterocycles.